The van der Waals surface area contributed by atoms with E-state index in [9.17, 15) is 0 Å². The van der Waals surface area contributed by atoms with Gasteiger partial charge in [-0.15, -0.1) is 0 Å². The quantitative estimate of drug-likeness (QED) is 0.188. The van der Waals surface area contributed by atoms with Gasteiger partial charge in [0.2, 0.25) is 0 Å². The first-order valence-corrected chi connectivity index (χ1v) is 22.2. The maximum absolute atomic E-state index is 6.42. The van der Waals surface area contributed by atoms with Gasteiger partial charge in [0.25, 0.3) is 0 Å². The first-order chi connectivity index (χ1) is 24.3. The average Bonchev–Trinajstić information content (AvgIpc) is 3.75. The molecule has 0 aromatic heterocycles. The summed E-state index contributed by atoms with van der Waals surface area (Å²) in [6, 6.07) is 21.9. The van der Waals surface area contributed by atoms with E-state index in [0.29, 0.717) is 5.54 Å². The lowest BCUT2D eigenvalue weighted by atomic mass is 9.75. The molecule has 7 rings (SSSR count). The van der Waals surface area contributed by atoms with E-state index < -0.39 is 8.80 Å². The summed E-state index contributed by atoms with van der Waals surface area (Å²) in [6.45, 7) is 30.7. The molecule has 0 saturated carbocycles. The molecule has 0 amide bonds. The van der Waals surface area contributed by atoms with Crippen molar-refractivity contribution in [2.45, 2.75) is 136 Å². The zero-order valence-electron chi connectivity index (χ0n) is 34.5. The van der Waals surface area contributed by atoms with Crippen molar-refractivity contribution in [2.75, 3.05) is 7.11 Å². The molecular formula is C50H61OSi. The van der Waals surface area contributed by atoms with Crippen molar-refractivity contribution in [3.63, 3.8) is 0 Å². The first-order valence-electron chi connectivity index (χ1n) is 19.7. The van der Waals surface area contributed by atoms with Crippen LogP contribution in [0.4, 0.5) is 0 Å². The van der Waals surface area contributed by atoms with Crippen molar-refractivity contribution < 1.29 is 4.74 Å². The summed E-state index contributed by atoms with van der Waals surface area (Å²) in [6.07, 6.45) is 8.67. The lowest BCUT2D eigenvalue weighted by molar-refractivity contribution is 0.399. The van der Waals surface area contributed by atoms with Crippen LogP contribution < -0.4 is 4.74 Å². The zero-order chi connectivity index (χ0) is 37.7. The van der Waals surface area contributed by atoms with Crippen LogP contribution in [0.3, 0.4) is 0 Å². The van der Waals surface area contributed by atoms with Gasteiger partial charge in [-0.25, -0.2) is 0 Å². The fourth-order valence-corrected chi connectivity index (χ4v) is 11.4. The number of ether oxygens (including phenoxy) is 1. The number of fused-ring (bicyclic) bond motifs is 3. The van der Waals surface area contributed by atoms with Crippen LogP contribution in [0.5, 0.6) is 5.75 Å². The minimum Gasteiger partial charge on any atom is -0.496 e. The van der Waals surface area contributed by atoms with E-state index >= 15 is 0 Å². The Balaban J connectivity index is 1.54. The highest BCUT2D eigenvalue weighted by Crippen LogP contribution is 2.55. The fraction of sp³-hybridized carbons (Fsp3) is 0.440. The molecule has 271 valence electrons. The third-order valence-corrected chi connectivity index (χ3v) is 14.1. The van der Waals surface area contributed by atoms with Crippen LogP contribution in [-0.4, -0.2) is 15.9 Å². The monoisotopic (exact) mass is 705 g/mol. The van der Waals surface area contributed by atoms with E-state index in [4.69, 9.17) is 4.74 Å². The van der Waals surface area contributed by atoms with Crippen LogP contribution in [-0.2, 0) is 29.1 Å². The summed E-state index contributed by atoms with van der Waals surface area (Å²) in [4.78, 5) is 0. The number of aryl methyl sites for hydroxylation is 1. The lowest BCUT2D eigenvalue weighted by Crippen LogP contribution is -2.17. The van der Waals surface area contributed by atoms with Gasteiger partial charge in [0, 0.05) is 17.0 Å². The Hall–Kier alpha value is -3.62. The Bertz CT molecular complexity index is 2130. The van der Waals surface area contributed by atoms with Gasteiger partial charge >= 0.3 is 0 Å². The van der Waals surface area contributed by atoms with E-state index in [2.05, 4.69) is 156 Å². The maximum Gasteiger partial charge on any atom is 0.131 e. The molecule has 0 bridgehead atoms. The number of allylic oxidation sites excluding steroid dienone is 2. The molecule has 0 heterocycles. The Morgan fingerprint density at radius 1 is 0.635 bits per heavy atom. The molecular weight excluding hydrogens is 645 g/mol. The predicted octanol–water partition coefficient (Wildman–Crippen LogP) is 13.8. The fourth-order valence-electron chi connectivity index (χ4n) is 9.56. The molecule has 0 spiro atoms. The Morgan fingerprint density at radius 3 is 1.85 bits per heavy atom. The molecule has 3 aliphatic carbocycles. The summed E-state index contributed by atoms with van der Waals surface area (Å²) >= 11 is 0. The van der Waals surface area contributed by atoms with Crippen LogP contribution in [0.25, 0.3) is 34.4 Å². The van der Waals surface area contributed by atoms with Gasteiger partial charge in [-0.1, -0.05) is 147 Å². The van der Waals surface area contributed by atoms with E-state index in [-0.39, 0.29) is 22.2 Å². The van der Waals surface area contributed by atoms with Gasteiger partial charge in [0.1, 0.15) is 5.75 Å². The molecule has 0 saturated heterocycles. The van der Waals surface area contributed by atoms with Gasteiger partial charge < -0.3 is 4.74 Å². The molecule has 1 nitrogen and oxygen atoms in total. The second-order valence-corrected chi connectivity index (χ2v) is 22.2. The van der Waals surface area contributed by atoms with Crippen molar-refractivity contribution in [3.05, 3.63) is 121 Å². The summed E-state index contributed by atoms with van der Waals surface area (Å²) < 4.78 is 6.42. The van der Waals surface area contributed by atoms with Crippen LogP contribution in [0.15, 0.2) is 65.7 Å². The molecule has 3 aliphatic rings. The van der Waals surface area contributed by atoms with Crippen molar-refractivity contribution in [2.24, 2.45) is 0 Å². The standard InChI is InChI=1S/C50H61OSi/c1-29-24-37-40(28-42(50(9,10)11)46(51-12)44(37)31-18-20-33(21-19-31)48(3,4)5)43(29)39-27-34(49(6,7)8)22-23-36(39)45-35-17-15-16-32(35)26-41-38(45)25-30(2)47(41)52(13)14/h18-28,43,47H,15-17H2,1-14H3. The van der Waals surface area contributed by atoms with Crippen molar-refractivity contribution in [1.82, 2.24) is 0 Å². The number of benzene rings is 4. The van der Waals surface area contributed by atoms with Crippen LogP contribution in [0, 0.1) is 0 Å². The van der Waals surface area contributed by atoms with Crippen LogP contribution in [0.1, 0.15) is 150 Å². The SMILES string of the molecule is COc1c(C(C)(C)C)cc2c(c1-c1ccc(C(C)(C)C)cc1)C=C(C)C2c1cc(C(C)(C)C)ccc1-c1c2c(cc3c1CCC3)C([Si](C)C)C(C)=C2. The first kappa shape index (κ1) is 36.7. The number of hydrogen-bond donors (Lipinski definition) is 0. The number of hydrogen-bond acceptors (Lipinski definition) is 1. The minimum absolute atomic E-state index is 0.0344. The second kappa shape index (κ2) is 12.8. The van der Waals surface area contributed by atoms with Gasteiger partial charge in [0.05, 0.1) is 15.9 Å². The number of rotatable bonds is 5. The molecule has 52 heavy (non-hydrogen) atoms. The van der Waals surface area contributed by atoms with E-state index in [1.807, 2.05) is 7.11 Å². The van der Waals surface area contributed by atoms with Gasteiger partial charge in [0.15, 0.2) is 0 Å². The lowest BCUT2D eigenvalue weighted by Gasteiger charge is -2.30. The van der Waals surface area contributed by atoms with Gasteiger partial charge in [-0.3, -0.25) is 0 Å². The zero-order valence-corrected chi connectivity index (χ0v) is 35.5. The van der Waals surface area contributed by atoms with Gasteiger partial charge in [-0.05, 0) is 128 Å². The van der Waals surface area contributed by atoms with Crippen molar-refractivity contribution in [1.29, 1.82) is 0 Å². The third-order valence-electron chi connectivity index (χ3n) is 12.2. The smallest absolute Gasteiger partial charge is 0.131 e. The Kier molecular flexibility index (Phi) is 9.01. The van der Waals surface area contributed by atoms with Crippen LogP contribution >= 0.6 is 0 Å². The highest BCUT2D eigenvalue weighted by atomic mass is 28.3. The molecule has 0 N–H and O–H groups in total. The summed E-state index contributed by atoms with van der Waals surface area (Å²) in [5, 5.41) is 0. The normalized spacial score (nSPS) is 18.4. The maximum atomic E-state index is 6.42. The van der Waals surface area contributed by atoms with Crippen molar-refractivity contribution in [3.8, 4) is 28.0 Å². The Morgan fingerprint density at radius 2 is 1.25 bits per heavy atom. The number of methoxy groups -OCH3 is 1. The van der Waals surface area contributed by atoms with E-state index in [1.54, 1.807) is 22.3 Å². The van der Waals surface area contributed by atoms with E-state index in [0.717, 1.165) is 5.75 Å². The Labute approximate surface area is 317 Å². The second-order valence-electron chi connectivity index (χ2n) is 19.4. The largest absolute Gasteiger partial charge is 0.496 e. The third kappa shape index (κ3) is 6.07. The summed E-state index contributed by atoms with van der Waals surface area (Å²) in [7, 11) is 1.31. The molecule has 4 aromatic carbocycles. The molecule has 0 aliphatic heterocycles. The topological polar surface area (TPSA) is 9.23 Å². The highest BCUT2D eigenvalue weighted by molar-refractivity contribution is 6.58. The highest BCUT2D eigenvalue weighted by Gasteiger charge is 2.37. The molecule has 2 atom stereocenters. The van der Waals surface area contributed by atoms with E-state index in [1.165, 1.54) is 86.0 Å². The van der Waals surface area contributed by atoms with Crippen molar-refractivity contribution >= 4 is 20.9 Å². The molecule has 2 heteroatoms. The van der Waals surface area contributed by atoms with Crippen LogP contribution in [0.2, 0.25) is 13.1 Å². The van der Waals surface area contributed by atoms with Gasteiger partial charge in [-0.2, -0.15) is 0 Å². The molecule has 0 fully saturated rings. The minimum atomic E-state index is -0.543. The molecule has 2 unspecified atom stereocenters. The summed E-state index contributed by atoms with van der Waals surface area (Å²) in [5.41, 5.74) is 23.5. The average molecular weight is 706 g/mol. The summed E-state index contributed by atoms with van der Waals surface area (Å²) in [5.74, 6) is 1.16. The predicted molar refractivity (Wildman–Crippen MR) is 228 cm³/mol. The molecule has 4 aromatic rings. The molecule has 1 radical (unpaired) electrons.